The fourth-order valence-electron chi connectivity index (χ4n) is 3.11. The molecule has 26 heavy (non-hydrogen) atoms. The van der Waals surface area contributed by atoms with Crippen LogP contribution in [0.5, 0.6) is 5.75 Å². The van der Waals surface area contributed by atoms with Crippen molar-refractivity contribution in [1.82, 2.24) is 5.32 Å². The number of methoxy groups -OCH3 is 1. The standard InChI is InChI=1S/C18H25NO6S/c1-12(11-26(23,24)16-9-7-15(25-2)8-10-16)17(20)19-14-5-3-13(4-6-14)18(21)22/h7-10,12-14H,3-6,11H2,1-2H3,(H,19,20)(H,21,22). The first-order valence-electron chi connectivity index (χ1n) is 8.63. The summed E-state index contributed by atoms with van der Waals surface area (Å²) in [5.74, 6) is -1.88. The number of amides is 1. The highest BCUT2D eigenvalue weighted by molar-refractivity contribution is 7.91. The van der Waals surface area contributed by atoms with Gasteiger partial charge in [0.2, 0.25) is 5.91 Å². The third kappa shape index (κ3) is 5.20. The summed E-state index contributed by atoms with van der Waals surface area (Å²) in [5.41, 5.74) is 0. The number of rotatable bonds is 7. The smallest absolute Gasteiger partial charge is 0.306 e. The van der Waals surface area contributed by atoms with Crippen molar-refractivity contribution < 1.29 is 27.9 Å². The minimum Gasteiger partial charge on any atom is -0.497 e. The number of nitrogens with one attached hydrogen (secondary N) is 1. The summed E-state index contributed by atoms with van der Waals surface area (Å²) in [6.45, 7) is 1.58. The number of sulfone groups is 1. The van der Waals surface area contributed by atoms with E-state index < -0.39 is 21.7 Å². The third-order valence-electron chi connectivity index (χ3n) is 4.76. The Labute approximate surface area is 153 Å². The van der Waals surface area contributed by atoms with Crippen LogP contribution >= 0.6 is 0 Å². The maximum Gasteiger partial charge on any atom is 0.306 e. The van der Waals surface area contributed by atoms with Gasteiger partial charge in [0.1, 0.15) is 5.75 Å². The van der Waals surface area contributed by atoms with E-state index in [-0.39, 0.29) is 28.5 Å². The van der Waals surface area contributed by atoms with Gasteiger partial charge in [0.05, 0.1) is 23.7 Å². The summed E-state index contributed by atoms with van der Waals surface area (Å²) in [6, 6.07) is 5.97. The largest absolute Gasteiger partial charge is 0.497 e. The second-order valence-electron chi connectivity index (χ2n) is 6.75. The van der Waals surface area contributed by atoms with Crippen LogP contribution in [0.25, 0.3) is 0 Å². The second kappa shape index (κ2) is 8.53. The zero-order valence-electron chi connectivity index (χ0n) is 15.0. The van der Waals surface area contributed by atoms with Gasteiger partial charge in [-0.3, -0.25) is 9.59 Å². The van der Waals surface area contributed by atoms with Crippen molar-refractivity contribution in [1.29, 1.82) is 0 Å². The van der Waals surface area contributed by atoms with E-state index >= 15 is 0 Å². The molecule has 144 valence electrons. The topological polar surface area (TPSA) is 110 Å². The molecule has 7 nitrogen and oxygen atoms in total. The molecule has 1 amide bonds. The highest BCUT2D eigenvalue weighted by Gasteiger charge is 2.29. The fraction of sp³-hybridized carbons (Fsp3) is 0.556. The van der Waals surface area contributed by atoms with Gasteiger partial charge in [-0.1, -0.05) is 6.92 Å². The Morgan fingerprint density at radius 3 is 2.27 bits per heavy atom. The van der Waals surface area contributed by atoms with Crippen molar-refractivity contribution in [2.45, 2.75) is 43.5 Å². The van der Waals surface area contributed by atoms with Crippen LogP contribution in [0.3, 0.4) is 0 Å². The molecule has 0 heterocycles. The average Bonchev–Trinajstić information content (AvgIpc) is 2.61. The van der Waals surface area contributed by atoms with Gasteiger partial charge in [-0.2, -0.15) is 0 Å². The molecule has 2 rings (SSSR count). The maximum absolute atomic E-state index is 12.5. The molecule has 1 fully saturated rings. The Balaban J connectivity index is 1.90. The lowest BCUT2D eigenvalue weighted by atomic mass is 9.86. The summed E-state index contributed by atoms with van der Waals surface area (Å²) in [7, 11) is -2.08. The van der Waals surface area contributed by atoms with Crippen LogP contribution in [0.1, 0.15) is 32.6 Å². The molecule has 2 N–H and O–H groups in total. The molecule has 0 aromatic heterocycles. The van der Waals surface area contributed by atoms with Crippen LogP contribution in [-0.2, 0) is 19.4 Å². The van der Waals surface area contributed by atoms with Gasteiger partial charge in [0, 0.05) is 12.0 Å². The first kappa shape index (κ1) is 20.2. The lowest BCUT2D eigenvalue weighted by molar-refractivity contribution is -0.142. The second-order valence-corrected chi connectivity index (χ2v) is 8.79. The first-order chi connectivity index (χ1) is 12.2. The molecular weight excluding hydrogens is 358 g/mol. The van der Waals surface area contributed by atoms with E-state index in [1.54, 1.807) is 19.1 Å². The molecule has 1 atom stereocenters. The average molecular weight is 383 g/mol. The molecule has 1 aromatic rings. The number of hydrogen-bond donors (Lipinski definition) is 2. The summed E-state index contributed by atoms with van der Waals surface area (Å²) < 4.78 is 30.0. The quantitative estimate of drug-likeness (QED) is 0.744. The Morgan fingerprint density at radius 1 is 1.19 bits per heavy atom. The van der Waals surface area contributed by atoms with Gasteiger partial charge < -0.3 is 15.2 Å². The number of benzene rings is 1. The number of carbonyl (C=O) groups is 2. The van der Waals surface area contributed by atoms with Gasteiger partial charge in [-0.05, 0) is 49.9 Å². The van der Waals surface area contributed by atoms with Crippen molar-refractivity contribution >= 4 is 21.7 Å². The molecule has 1 unspecified atom stereocenters. The van der Waals surface area contributed by atoms with Crippen LogP contribution in [0.4, 0.5) is 0 Å². The predicted octanol–water partition coefficient (Wildman–Crippen LogP) is 1.86. The van der Waals surface area contributed by atoms with Crippen molar-refractivity contribution in [2.24, 2.45) is 11.8 Å². The van der Waals surface area contributed by atoms with Gasteiger partial charge in [0.25, 0.3) is 0 Å². The van der Waals surface area contributed by atoms with E-state index in [1.807, 2.05) is 0 Å². The summed E-state index contributed by atoms with van der Waals surface area (Å²) in [6.07, 6.45) is 2.25. The summed E-state index contributed by atoms with van der Waals surface area (Å²) in [4.78, 5) is 23.4. The van der Waals surface area contributed by atoms with Crippen LogP contribution in [0.2, 0.25) is 0 Å². The molecule has 0 spiro atoms. The number of carbonyl (C=O) groups excluding carboxylic acids is 1. The Hall–Kier alpha value is -2.09. The molecule has 0 aliphatic heterocycles. The number of carboxylic acid groups (broad SMARTS) is 1. The van der Waals surface area contributed by atoms with E-state index in [2.05, 4.69) is 5.32 Å². The van der Waals surface area contributed by atoms with Crippen molar-refractivity contribution in [2.75, 3.05) is 12.9 Å². The van der Waals surface area contributed by atoms with Crippen LogP contribution in [0, 0.1) is 11.8 Å². The maximum atomic E-state index is 12.5. The molecule has 1 aromatic carbocycles. The molecule has 1 aliphatic rings. The van der Waals surface area contributed by atoms with Gasteiger partial charge in [0.15, 0.2) is 9.84 Å². The SMILES string of the molecule is COc1ccc(S(=O)(=O)CC(C)C(=O)NC2CCC(C(=O)O)CC2)cc1. The van der Waals surface area contributed by atoms with Crippen molar-refractivity contribution in [3.05, 3.63) is 24.3 Å². The lowest BCUT2D eigenvalue weighted by Gasteiger charge is -2.27. The van der Waals surface area contributed by atoms with Gasteiger partial charge in [-0.15, -0.1) is 0 Å². The Bertz CT molecular complexity index is 735. The third-order valence-corrected chi connectivity index (χ3v) is 6.69. The zero-order valence-corrected chi connectivity index (χ0v) is 15.8. The van der Waals surface area contributed by atoms with E-state index in [1.165, 1.54) is 19.2 Å². The monoisotopic (exact) mass is 383 g/mol. The normalized spacial score (nSPS) is 21.6. The highest BCUT2D eigenvalue weighted by Crippen LogP contribution is 2.25. The molecule has 0 radical (unpaired) electrons. The fourth-order valence-corrected chi connectivity index (χ4v) is 4.67. The summed E-state index contributed by atoms with van der Waals surface area (Å²) >= 11 is 0. The summed E-state index contributed by atoms with van der Waals surface area (Å²) in [5, 5.41) is 11.9. The highest BCUT2D eigenvalue weighted by atomic mass is 32.2. The number of carboxylic acids is 1. The Kier molecular flexibility index (Phi) is 6.63. The zero-order chi connectivity index (χ0) is 19.3. The van der Waals surface area contributed by atoms with E-state index in [9.17, 15) is 18.0 Å². The molecule has 0 saturated heterocycles. The van der Waals surface area contributed by atoms with Crippen molar-refractivity contribution in [3.8, 4) is 5.75 Å². The molecule has 0 bridgehead atoms. The number of ether oxygens (including phenoxy) is 1. The number of hydrogen-bond acceptors (Lipinski definition) is 5. The van der Waals surface area contributed by atoms with Crippen LogP contribution < -0.4 is 10.1 Å². The Morgan fingerprint density at radius 2 is 1.77 bits per heavy atom. The first-order valence-corrected chi connectivity index (χ1v) is 10.3. The van der Waals surface area contributed by atoms with E-state index in [4.69, 9.17) is 9.84 Å². The lowest BCUT2D eigenvalue weighted by Crippen LogP contribution is -2.42. The predicted molar refractivity (Wildman–Crippen MR) is 95.7 cm³/mol. The molecule has 1 saturated carbocycles. The van der Waals surface area contributed by atoms with Gasteiger partial charge in [-0.25, -0.2) is 8.42 Å². The molecular formula is C18H25NO6S. The van der Waals surface area contributed by atoms with Crippen LogP contribution in [-0.4, -0.2) is 44.3 Å². The van der Waals surface area contributed by atoms with Gasteiger partial charge >= 0.3 is 5.97 Å². The van der Waals surface area contributed by atoms with E-state index in [0.717, 1.165) is 0 Å². The minimum atomic E-state index is -3.58. The molecule has 8 heteroatoms. The molecule has 1 aliphatic carbocycles. The number of aliphatic carboxylic acids is 1. The van der Waals surface area contributed by atoms with Crippen LogP contribution in [0.15, 0.2) is 29.2 Å². The van der Waals surface area contributed by atoms with Crippen molar-refractivity contribution in [3.63, 3.8) is 0 Å². The minimum absolute atomic E-state index is 0.0933. The van der Waals surface area contributed by atoms with E-state index in [0.29, 0.717) is 31.4 Å².